The second-order valence-electron chi connectivity index (χ2n) is 3.73. The predicted molar refractivity (Wildman–Crippen MR) is 56.4 cm³/mol. The predicted octanol–water partition coefficient (Wildman–Crippen LogP) is 2.98. The largest absolute Gasteiger partial charge is 0.314 e. The van der Waals surface area contributed by atoms with Gasteiger partial charge in [0.05, 0.1) is 0 Å². The van der Waals surface area contributed by atoms with E-state index < -0.39 is 0 Å². The van der Waals surface area contributed by atoms with Gasteiger partial charge < -0.3 is 5.32 Å². The van der Waals surface area contributed by atoms with Gasteiger partial charge >= 0.3 is 0 Å². The van der Waals surface area contributed by atoms with Crippen molar-refractivity contribution in [1.82, 2.24) is 5.32 Å². The summed E-state index contributed by atoms with van der Waals surface area (Å²) in [5, 5.41) is 3.50. The van der Waals surface area contributed by atoms with Gasteiger partial charge in [-0.25, -0.2) is 0 Å². The van der Waals surface area contributed by atoms with E-state index in [1.165, 1.54) is 18.4 Å². The van der Waals surface area contributed by atoms with Gasteiger partial charge in [-0.15, -0.1) is 0 Å². The monoisotopic (exact) mass is 169 g/mol. The molecule has 72 valence electrons. The van der Waals surface area contributed by atoms with Gasteiger partial charge in [0.1, 0.15) is 0 Å². The Labute approximate surface area is 77.2 Å². The van der Waals surface area contributed by atoms with Crippen LogP contribution in [0.3, 0.4) is 0 Å². The highest BCUT2D eigenvalue weighted by atomic mass is 14.9. The molecule has 0 saturated heterocycles. The molecule has 0 heterocycles. The molecule has 1 nitrogen and oxygen atoms in total. The highest BCUT2D eigenvalue weighted by Crippen LogP contribution is 2.11. The second kappa shape index (κ2) is 6.24. The van der Waals surface area contributed by atoms with Crippen LogP contribution in [0.1, 0.15) is 40.5 Å². The van der Waals surface area contributed by atoms with Crippen molar-refractivity contribution in [3.8, 4) is 0 Å². The fraction of sp³-hybridized carbons (Fsp3) is 0.818. The van der Waals surface area contributed by atoms with E-state index in [-0.39, 0.29) is 0 Å². The van der Waals surface area contributed by atoms with Crippen LogP contribution in [0.15, 0.2) is 12.2 Å². The molecule has 0 spiro atoms. The molecule has 0 aliphatic heterocycles. The van der Waals surface area contributed by atoms with Crippen LogP contribution in [0.4, 0.5) is 0 Å². The average Bonchev–Trinajstić information content (AvgIpc) is 2.03. The van der Waals surface area contributed by atoms with E-state index in [9.17, 15) is 0 Å². The summed E-state index contributed by atoms with van der Waals surface area (Å²) in [6, 6.07) is 0.564. The maximum Gasteiger partial charge on any atom is 0.0101 e. The van der Waals surface area contributed by atoms with E-state index in [2.05, 4.69) is 39.6 Å². The van der Waals surface area contributed by atoms with E-state index in [0.29, 0.717) is 12.0 Å². The SMILES string of the molecule is C=C(C)C(C)C(C)NCCCC. The third-order valence-electron chi connectivity index (χ3n) is 2.52. The molecule has 0 bridgehead atoms. The van der Waals surface area contributed by atoms with Crippen molar-refractivity contribution in [3.05, 3.63) is 12.2 Å². The van der Waals surface area contributed by atoms with Gasteiger partial charge in [-0.1, -0.05) is 32.4 Å². The summed E-state index contributed by atoms with van der Waals surface area (Å²) in [6.45, 7) is 13.9. The number of nitrogens with one attached hydrogen (secondary N) is 1. The summed E-state index contributed by atoms with van der Waals surface area (Å²) in [5.41, 5.74) is 1.27. The van der Waals surface area contributed by atoms with E-state index >= 15 is 0 Å². The standard InChI is InChI=1S/C11H23N/c1-6-7-8-12-11(5)10(4)9(2)3/h10-12H,2,6-8H2,1,3-5H3. The van der Waals surface area contributed by atoms with E-state index in [1.54, 1.807) is 0 Å². The normalized spacial score (nSPS) is 15.7. The maximum absolute atomic E-state index is 3.96. The lowest BCUT2D eigenvalue weighted by molar-refractivity contribution is 0.440. The Balaban J connectivity index is 3.56. The summed E-state index contributed by atoms with van der Waals surface area (Å²) in [6.07, 6.45) is 2.54. The Hall–Kier alpha value is -0.300. The van der Waals surface area contributed by atoms with Crippen molar-refractivity contribution in [2.45, 2.75) is 46.6 Å². The fourth-order valence-electron chi connectivity index (χ4n) is 1.11. The molecule has 1 N–H and O–H groups in total. The lowest BCUT2D eigenvalue weighted by Gasteiger charge is -2.21. The molecule has 0 rings (SSSR count). The summed E-state index contributed by atoms with van der Waals surface area (Å²) in [4.78, 5) is 0. The molecular weight excluding hydrogens is 146 g/mol. The topological polar surface area (TPSA) is 12.0 Å². The molecule has 1 heteroatoms. The molecule has 0 aromatic carbocycles. The summed E-state index contributed by atoms with van der Waals surface area (Å²) >= 11 is 0. The lowest BCUT2D eigenvalue weighted by Crippen LogP contribution is -2.33. The van der Waals surface area contributed by atoms with Crippen LogP contribution in [0.2, 0.25) is 0 Å². The van der Waals surface area contributed by atoms with Crippen LogP contribution >= 0.6 is 0 Å². The Morgan fingerprint density at radius 1 is 1.42 bits per heavy atom. The molecule has 2 unspecified atom stereocenters. The third kappa shape index (κ3) is 4.55. The maximum atomic E-state index is 3.96. The molecule has 0 aromatic rings. The van der Waals surface area contributed by atoms with Crippen molar-refractivity contribution in [1.29, 1.82) is 0 Å². The van der Waals surface area contributed by atoms with Crippen molar-refractivity contribution >= 4 is 0 Å². The summed E-state index contributed by atoms with van der Waals surface area (Å²) in [7, 11) is 0. The van der Waals surface area contributed by atoms with Gasteiger partial charge in [-0.2, -0.15) is 0 Å². The zero-order valence-electron chi connectivity index (χ0n) is 8.98. The minimum absolute atomic E-state index is 0.564. The first-order chi connectivity index (χ1) is 5.59. The van der Waals surface area contributed by atoms with E-state index in [0.717, 1.165) is 6.54 Å². The van der Waals surface area contributed by atoms with Crippen LogP contribution in [0, 0.1) is 5.92 Å². The van der Waals surface area contributed by atoms with Crippen molar-refractivity contribution in [2.24, 2.45) is 5.92 Å². The number of hydrogen-bond donors (Lipinski definition) is 1. The third-order valence-corrected chi connectivity index (χ3v) is 2.52. The zero-order chi connectivity index (χ0) is 9.56. The Morgan fingerprint density at radius 2 is 2.00 bits per heavy atom. The molecule has 0 aromatic heterocycles. The second-order valence-corrected chi connectivity index (χ2v) is 3.73. The van der Waals surface area contributed by atoms with Gasteiger partial charge in [0.25, 0.3) is 0 Å². The fourth-order valence-corrected chi connectivity index (χ4v) is 1.11. The quantitative estimate of drug-likeness (QED) is 0.476. The molecular formula is C11H23N. The van der Waals surface area contributed by atoms with Crippen molar-refractivity contribution < 1.29 is 0 Å². The van der Waals surface area contributed by atoms with Crippen LogP contribution in [-0.2, 0) is 0 Å². The highest BCUT2D eigenvalue weighted by Gasteiger charge is 2.10. The first-order valence-electron chi connectivity index (χ1n) is 4.98. The number of hydrogen-bond acceptors (Lipinski definition) is 1. The molecule has 2 atom stereocenters. The van der Waals surface area contributed by atoms with Crippen LogP contribution in [0.5, 0.6) is 0 Å². The molecule has 12 heavy (non-hydrogen) atoms. The first kappa shape index (κ1) is 11.7. The molecule has 0 aliphatic carbocycles. The van der Waals surface area contributed by atoms with Gasteiger partial charge in [0, 0.05) is 6.04 Å². The lowest BCUT2D eigenvalue weighted by atomic mass is 9.97. The first-order valence-corrected chi connectivity index (χ1v) is 4.98. The Kier molecular flexibility index (Phi) is 6.09. The summed E-state index contributed by atoms with van der Waals surface area (Å²) in [5.74, 6) is 0.585. The highest BCUT2D eigenvalue weighted by molar-refractivity contribution is 4.97. The van der Waals surface area contributed by atoms with Gasteiger partial charge in [-0.3, -0.25) is 0 Å². The van der Waals surface area contributed by atoms with Crippen molar-refractivity contribution in [3.63, 3.8) is 0 Å². The van der Waals surface area contributed by atoms with Crippen LogP contribution in [0.25, 0.3) is 0 Å². The number of rotatable bonds is 6. The van der Waals surface area contributed by atoms with Gasteiger partial charge in [-0.05, 0) is 32.7 Å². The average molecular weight is 169 g/mol. The molecule has 0 saturated carbocycles. The number of unbranched alkanes of at least 4 members (excludes halogenated alkanes) is 1. The summed E-state index contributed by atoms with van der Waals surface area (Å²) < 4.78 is 0. The van der Waals surface area contributed by atoms with Crippen LogP contribution < -0.4 is 5.32 Å². The molecule has 0 radical (unpaired) electrons. The minimum Gasteiger partial charge on any atom is -0.314 e. The molecule has 0 amide bonds. The smallest absolute Gasteiger partial charge is 0.0101 e. The minimum atomic E-state index is 0.564. The van der Waals surface area contributed by atoms with E-state index in [1.807, 2.05) is 0 Å². The zero-order valence-corrected chi connectivity index (χ0v) is 8.98. The van der Waals surface area contributed by atoms with E-state index in [4.69, 9.17) is 0 Å². The Morgan fingerprint density at radius 3 is 2.42 bits per heavy atom. The van der Waals surface area contributed by atoms with Crippen LogP contribution in [-0.4, -0.2) is 12.6 Å². The van der Waals surface area contributed by atoms with Gasteiger partial charge in [0.15, 0.2) is 0 Å². The van der Waals surface area contributed by atoms with Crippen molar-refractivity contribution in [2.75, 3.05) is 6.54 Å². The Bertz CT molecular complexity index is 129. The molecule has 0 aliphatic rings. The molecule has 0 fully saturated rings. The van der Waals surface area contributed by atoms with Gasteiger partial charge in [0.2, 0.25) is 0 Å².